The summed E-state index contributed by atoms with van der Waals surface area (Å²) >= 11 is 6.19. The zero-order valence-electron chi connectivity index (χ0n) is 12.0. The maximum absolute atomic E-state index is 11.2. The molecule has 1 amide bonds. The third-order valence-corrected chi connectivity index (χ3v) is 3.11. The normalized spacial score (nSPS) is 14.3. The molecule has 0 saturated heterocycles. The Bertz CT molecular complexity index is 512. The van der Waals surface area contributed by atoms with E-state index in [0.717, 1.165) is 18.8 Å². The molecule has 0 aliphatic carbocycles. The van der Waals surface area contributed by atoms with Gasteiger partial charge >= 0.3 is 0 Å². The van der Waals surface area contributed by atoms with Crippen molar-refractivity contribution in [2.45, 2.75) is 26.3 Å². The number of anilines is 2. The second-order valence-electron chi connectivity index (χ2n) is 5.77. The molecular formula is C14H20ClN3O2. The number of halogens is 1. The summed E-state index contributed by atoms with van der Waals surface area (Å²) in [5.74, 6) is 0.476. The molecule has 1 heterocycles. The second-order valence-corrected chi connectivity index (χ2v) is 6.18. The van der Waals surface area contributed by atoms with Gasteiger partial charge in [-0.1, -0.05) is 11.6 Å². The first-order chi connectivity index (χ1) is 9.35. The lowest BCUT2D eigenvalue weighted by molar-refractivity contribution is -0.118. The van der Waals surface area contributed by atoms with E-state index in [9.17, 15) is 4.79 Å². The van der Waals surface area contributed by atoms with Gasteiger partial charge in [-0.25, -0.2) is 0 Å². The quantitative estimate of drug-likeness (QED) is 0.747. The average Bonchev–Trinajstić information content (AvgIpc) is 2.34. The first kappa shape index (κ1) is 14.9. The molecule has 1 aromatic carbocycles. The molecule has 0 fully saturated rings. The van der Waals surface area contributed by atoms with Gasteiger partial charge in [0.1, 0.15) is 5.75 Å². The molecule has 20 heavy (non-hydrogen) atoms. The molecule has 0 radical (unpaired) electrons. The van der Waals surface area contributed by atoms with E-state index < -0.39 is 0 Å². The van der Waals surface area contributed by atoms with Crippen molar-refractivity contribution in [3.63, 3.8) is 0 Å². The van der Waals surface area contributed by atoms with Crippen LogP contribution >= 0.6 is 11.6 Å². The van der Waals surface area contributed by atoms with Gasteiger partial charge in [-0.2, -0.15) is 0 Å². The van der Waals surface area contributed by atoms with Crippen LogP contribution in [0, 0.1) is 0 Å². The van der Waals surface area contributed by atoms with Crippen molar-refractivity contribution in [1.29, 1.82) is 0 Å². The molecule has 2 rings (SSSR count). The SMILES string of the molecule is CC(C)(C)NCCNc1cc2c(cc1Cl)NC(=O)CO2. The minimum Gasteiger partial charge on any atom is -0.482 e. The third kappa shape index (κ3) is 4.02. The van der Waals surface area contributed by atoms with Crippen molar-refractivity contribution in [2.24, 2.45) is 0 Å². The molecular weight excluding hydrogens is 278 g/mol. The average molecular weight is 298 g/mol. The highest BCUT2D eigenvalue weighted by Gasteiger charge is 2.18. The van der Waals surface area contributed by atoms with E-state index in [-0.39, 0.29) is 18.1 Å². The summed E-state index contributed by atoms with van der Waals surface area (Å²) in [6.07, 6.45) is 0. The van der Waals surface area contributed by atoms with Crippen molar-refractivity contribution in [1.82, 2.24) is 5.32 Å². The third-order valence-electron chi connectivity index (χ3n) is 2.80. The number of ether oxygens (including phenoxy) is 1. The van der Waals surface area contributed by atoms with Crippen LogP contribution in [0.15, 0.2) is 12.1 Å². The van der Waals surface area contributed by atoms with Crippen molar-refractivity contribution >= 4 is 28.9 Å². The van der Waals surface area contributed by atoms with Gasteiger partial charge in [-0.3, -0.25) is 4.79 Å². The van der Waals surface area contributed by atoms with Crippen molar-refractivity contribution in [2.75, 3.05) is 30.3 Å². The number of carbonyl (C=O) groups excluding carboxylic acids is 1. The second kappa shape index (κ2) is 5.89. The Kier molecular flexibility index (Phi) is 4.40. The van der Waals surface area contributed by atoms with Crippen LogP contribution < -0.4 is 20.7 Å². The van der Waals surface area contributed by atoms with Gasteiger partial charge in [0.05, 0.1) is 16.4 Å². The van der Waals surface area contributed by atoms with E-state index in [1.807, 2.05) is 6.07 Å². The van der Waals surface area contributed by atoms with E-state index in [1.165, 1.54) is 0 Å². The fourth-order valence-corrected chi connectivity index (χ4v) is 2.10. The van der Waals surface area contributed by atoms with Crippen LogP contribution in [0.1, 0.15) is 20.8 Å². The number of hydrogen-bond acceptors (Lipinski definition) is 4. The summed E-state index contributed by atoms with van der Waals surface area (Å²) in [6.45, 7) is 7.98. The Hall–Kier alpha value is -1.46. The Morgan fingerprint density at radius 1 is 1.35 bits per heavy atom. The number of nitrogens with one attached hydrogen (secondary N) is 3. The van der Waals surface area contributed by atoms with Gasteiger partial charge in [0, 0.05) is 24.7 Å². The number of fused-ring (bicyclic) bond motifs is 1. The standard InChI is InChI=1S/C14H20ClN3O2/c1-14(2,3)17-5-4-16-10-7-12-11(6-9(10)15)18-13(19)8-20-12/h6-7,16-17H,4-5,8H2,1-3H3,(H,18,19). The Morgan fingerprint density at radius 2 is 2.10 bits per heavy atom. The van der Waals surface area contributed by atoms with Crippen LogP contribution in [-0.2, 0) is 4.79 Å². The van der Waals surface area contributed by atoms with Gasteiger partial charge in [0.2, 0.25) is 0 Å². The molecule has 110 valence electrons. The lowest BCUT2D eigenvalue weighted by Gasteiger charge is -2.22. The highest BCUT2D eigenvalue weighted by atomic mass is 35.5. The van der Waals surface area contributed by atoms with Crippen LogP contribution in [-0.4, -0.2) is 31.1 Å². The molecule has 1 aromatic rings. The number of rotatable bonds is 4. The molecule has 0 bridgehead atoms. The topological polar surface area (TPSA) is 62.4 Å². The van der Waals surface area contributed by atoms with Crippen molar-refractivity contribution in [3.8, 4) is 5.75 Å². The largest absolute Gasteiger partial charge is 0.482 e. The monoisotopic (exact) mass is 297 g/mol. The molecule has 0 unspecified atom stereocenters. The van der Waals surface area contributed by atoms with Gasteiger partial charge in [0.15, 0.2) is 6.61 Å². The summed E-state index contributed by atoms with van der Waals surface area (Å²) in [7, 11) is 0. The van der Waals surface area contributed by atoms with Crippen LogP contribution in [0.3, 0.4) is 0 Å². The van der Waals surface area contributed by atoms with E-state index in [2.05, 4.69) is 36.7 Å². The zero-order valence-corrected chi connectivity index (χ0v) is 12.7. The predicted octanol–water partition coefficient (Wildman–Crippen LogP) is 2.47. The maximum Gasteiger partial charge on any atom is 0.262 e. The van der Waals surface area contributed by atoms with Gasteiger partial charge in [-0.15, -0.1) is 0 Å². The maximum atomic E-state index is 11.2. The summed E-state index contributed by atoms with van der Waals surface area (Å²) in [5, 5.41) is 9.93. The van der Waals surface area contributed by atoms with Crippen molar-refractivity contribution in [3.05, 3.63) is 17.2 Å². The highest BCUT2D eigenvalue weighted by molar-refractivity contribution is 6.33. The van der Waals surface area contributed by atoms with Crippen molar-refractivity contribution < 1.29 is 9.53 Å². The van der Waals surface area contributed by atoms with Crippen LogP contribution in [0.2, 0.25) is 5.02 Å². The van der Waals surface area contributed by atoms with Crippen LogP contribution in [0.25, 0.3) is 0 Å². The predicted molar refractivity (Wildman–Crippen MR) is 81.8 cm³/mol. The van der Waals surface area contributed by atoms with E-state index in [1.54, 1.807) is 6.07 Å². The van der Waals surface area contributed by atoms with E-state index >= 15 is 0 Å². The summed E-state index contributed by atoms with van der Waals surface area (Å²) < 4.78 is 5.37. The van der Waals surface area contributed by atoms with Gasteiger partial charge < -0.3 is 20.7 Å². The highest BCUT2D eigenvalue weighted by Crippen LogP contribution is 2.36. The van der Waals surface area contributed by atoms with Gasteiger partial charge in [0.25, 0.3) is 5.91 Å². The van der Waals surface area contributed by atoms with Crippen LogP contribution in [0.5, 0.6) is 5.75 Å². The first-order valence-electron chi connectivity index (χ1n) is 6.60. The Labute approximate surface area is 124 Å². The first-order valence-corrected chi connectivity index (χ1v) is 6.98. The summed E-state index contributed by atoms with van der Waals surface area (Å²) in [4.78, 5) is 11.2. The fourth-order valence-electron chi connectivity index (χ4n) is 1.87. The minimum atomic E-state index is -0.163. The number of amides is 1. The molecule has 0 atom stereocenters. The van der Waals surface area contributed by atoms with Gasteiger partial charge in [-0.05, 0) is 26.8 Å². The summed E-state index contributed by atoms with van der Waals surface area (Å²) in [5.41, 5.74) is 1.51. The smallest absolute Gasteiger partial charge is 0.262 e. The molecule has 6 heteroatoms. The molecule has 0 saturated carbocycles. The zero-order chi connectivity index (χ0) is 14.8. The molecule has 0 spiro atoms. The Morgan fingerprint density at radius 3 is 2.80 bits per heavy atom. The molecule has 0 aromatic heterocycles. The minimum absolute atomic E-state index is 0.0413. The van der Waals surface area contributed by atoms with E-state index in [0.29, 0.717) is 16.5 Å². The number of carbonyl (C=O) groups is 1. The lowest BCUT2D eigenvalue weighted by Crippen LogP contribution is -2.38. The fraction of sp³-hybridized carbons (Fsp3) is 0.500. The molecule has 1 aliphatic heterocycles. The summed E-state index contributed by atoms with van der Waals surface area (Å²) in [6, 6.07) is 3.52. The molecule has 5 nitrogen and oxygen atoms in total. The van der Waals surface area contributed by atoms with Crippen LogP contribution in [0.4, 0.5) is 11.4 Å². The number of benzene rings is 1. The molecule has 3 N–H and O–H groups in total. The molecule has 1 aliphatic rings. The van der Waals surface area contributed by atoms with E-state index in [4.69, 9.17) is 16.3 Å². The Balaban J connectivity index is 1.97. The number of hydrogen-bond donors (Lipinski definition) is 3. The lowest BCUT2D eigenvalue weighted by atomic mass is 10.1.